The number of fused-ring (bicyclic) bond motifs is 1. The predicted octanol–water partition coefficient (Wildman–Crippen LogP) is 5.25. The number of hydrogen-bond donors (Lipinski definition) is 0. The van der Waals surface area contributed by atoms with Crippen molar-refractivity contribution < 1.29 is 9.15 Å². The molecule has 0 amide bonds. The van der Waals surface area contributed by atoms with Crippen molar-refractivity contribution in [1.29, 1.82) is 0 Å². The van der Waals surface area contributed by atoms with E-state index in [9.17, 15) is 4.79 Å². The lowest BCUT2D eigenvalue weighted by Crippen LogP contribution is -2.29. The third-order valence-corrected chi connectivity index (χ3v) is 6.78. The number of aromatic nitrogens is 4. The molecule has 8 heteroatoms. The maximum Gasteiger partial charge on any atom is 0.262 e. The number of hydrogen-bond acceptors (Lipinski definition) is 7. The molecule has 1 saturated carbocycles. The van der Waals surface area contributed by atoms with Crippen molar-refractivity contribution in [1.82, 2.24) is 19.7 Å². The van der Waals surface area contributed by atoms with Gasteiger partial charge in [-0.3, -0.25) is 9.36 Å². The van der Waals surface area contributed by atoms with E-state index < -0.39 is 0 Å². The summed E-state index contributed by atoms with van der Waals surface area (Å²) in [6.45, 7) is 0. The second-order valence-corrected chi connectivity index (χ2v) is 8.84. The number of para-hydroxylation sites is 1. The van der Waals surface area contributed by atoms with E-state index in [-0.39, 0.29) is 11.6 Å². The van der Waals surface area contributed by atoms with Crippen LogP contribution in [0.15, 0.2) is 62.9 Å². The Labute approximate surface area is 189 Å². The average Bonchev–Trinajstić information content (AvgIpc) is 3.32. The number of nitrogens with zero attached hydrogens (tertiary/aromatic N) is 4. The molecule has 32 heavy (non-hydrogen) atoms. The molecule has 7 nitrogen and oxygen atoms in total. The molecule has 164 valence electrons. The Bertz CT molecular complexity index is 1280. The van der Waals surface area contributed by atoms with Crippen LogP contribution in [0.25, 0.3) is 22.4 Å². The largest absolute Gasteiger partial charge is 0.497 e. The molecule has 0 aliphatic heterocycles. The summed E-state index contributed by atoms with van der Waals surface area (Å²) in [5.41, 5.74) is 1.59. The number of thioether (sulfide) groups is 1. The second kappa shape index (κ2) is 9.16. The Kier molecular flexibility index (Phi) is 5.94. The topological polar surface area (TPSA) is 83.0 Å². The summed E-state index contributed by atoms with van der Waals surface area (Å²) >= 11 is 1.47. The van der Waals surface area contributed by atoms with Crippen LogP contribution >= 0.6 is 11.8 Å². The Morgan fingerprint density at radius 2 is 1.84 bits per heavy atom. The Hall–Kier alpha value is -3.13. The summed E-state index contributed by atoms with van der Waals surface area (Å²) in [4.78, 5) is 18.2. The van der Waals surface area contributed by atoms with Gasteiger partial charge in [0.15, 0.2) is 5.16 Å². The average molecular weight is 449 g/mol. The summed E-state index contributed by atoms with van der Waals surface area (Å²) in [5.74, 6) is 2.17. The molecule has 5 rings (SSSR count). The molecule has 0 saturated heterocycles. The van der Waals surface area contributed by atoms with Crippen LogP contribution < -0.4 is 10.3 Å². The molecule has 1 aliphatic carbocycles. The van der Waals surface area contributed by atoms with Crippen molar-refractivity contribution in [3.8, 4) is 17.2 Å². The zero-order chi connectivity index (χ0) is 21.9. The fraction of sp³-hybridized carbons (Fsp3) is 0.333. The van der Waals surface area contributed by atoms with Gasteiger partial charge in [-0.05, 0) is 49.2 Å². The van der Waals surface area contributed by atoms with Crippen LogP contribution in [0, 0.1) is 0 Å². The molecule has 2 aromatic heterocycles. The highest BCUT2D eigenvalue weighted by atomic mass is 32.2. The Morgan fingerprint density at radius 1 is 1.06 bits per heavy atom. The summed E-state index contributed by atoms with van der Waals surface area (Å²) < 4.78 is 13.0. The molecule has 0 bridgehead atoms. The van der Waals surface area contributed by atoms with Gasteiger partial charge in [0.05, 0.1) is 23.8 Å². The van der Waals surface area contributed by atoms with Gasteiger partial charge in [0.1, 0.15) is 5.75 Å². The lowest BCUT2D eigenvalue weighted by atomic mass is 9.95. The highest BCUT2D eigenvalue weighted by molar-refractivity contribution is 7.98. The van der Waals surface area contributed by atoms with E-state index in [1.165, 1.54) is 18.2 Å². The second-order valence-electron chi connectivity index (χ2n) is 7.90. The van der Waals surface area contributed by atoms with Gasteiger partial charge in [0.25, 0.3) is 5.56 Å². The smallest absolute Gasteiger partial charge is 0.262 e. The standard InChI is InChI=1S/C24H24N4O3S/c1-30-18-13-11-16(12-14-18)22-27-26-21(31-22)15-32-24-25-20-10-6-5-9-19(20)23(29)28(24)17-7-3-2-4-8-17/h5-6,9-14,17H,2-4,7-8,15H2,1H3. The van der Waals surface area contributed by atoms with Crippen LogP contribution in [0.4, 0.5) is 0 Å². The normalized spacial score (nSPS) is 14.7. The van der Waals surface area contributed by atoms with Crippen LogP contribution in [0.1, 0.15) is 44.0 Å². The molecule has 2 aromatic carbocycles. The molecule has 1 aliphatic rings. The zero-order valence-electron chi connectivity index (χ0n) is 17.9. The summed E-state index contributed by atoms with van der Waals surface area (Å²) in [6, 6.07) is 15.2. The Morgan fingerprint density at radius 3 is 2.62 bits per heavy atom. The van der Waals surface area contributed by atoms with Crippen LogP contribution in [-0.4, -0.2) is 26.9 Å². The fourth-order valence-corrected chi connectivity index (χ4v) is 5.08. The van der Waals surface area contributed by atoms with Gasteiger partial charge < -0.3 is 9.15 Å². The van der Waals surface area contributed by atoms with Crippen molar-refractivity contribution >= 4 is 22.7 Å². The SMILES string of the molecule is COc1ccc(-c2nnc(CSc3nc4ccccc4c(=O)n3C3CCCCC3)o2)cc1. The summed E-state index contributed by atoms with van der Waals surface area (Å²) in [6.07, 6.45) is 5.53. The molecular formula is C24H24N4O3S. The summed E-state index contributed by atoms with van der Waals surface area (Å²) in [7, 11) is 1.63. The van der Waals surface area contributed by atoms with Crippen molar-refractivity contribution in [2.45, 2.75) is 49.1 Å². The van der Waals surface area contributed by atoms with E-state index in [0.717, 1.165) is 42.5 Å². The molecule has 0 unspecified atom stereocenters. The van der Waals surface area contributed by atoms with Gasteiger partial charge in [-0.2, -0.15) is 0 Å². The van der Waals surface area contributed by atoms with E-state index in [1.54, 1.807) is 7.11 Å². The first-order valence-electron chi connectivity index (χ1n) is 10.8. The molecule has 4 aromatic rings. The monoisotopic (exact) mass is 448 g/mol. The number of methoxy groups -OCH3 is 1. The minimum Gasteiger partial charge on any atom is -0.497 e. The molecule has 2 heterocycles. The van der Waals surface area contributed by atoms with Gasteiger partial charge in [0, 0.05) is 11.6 Å². The fourth-order valence-electron chi connectivity index (χ4n) is 4.18. The van der Waals surface area contributed by atoms with E-state index in [2.05, 4.69) is 10.2 Å². The number of rotatable bonds is 6. The van der Waals surface area contributed by atoms with Crippen molar-refractivity contribution in [2.24, 2.45) is 0 Å². The molecular weight excluding hydrogens is 424 g/mol. The van der Waals surface area contributed by atoms with E-state index in [0.29, 0.717) is 28.1 Å². The predicted molar refractivity (Wildman–Crippen MR) is 124 cm³/mol. The Balaban J connectivity index is 1.42. The summed E-state index contributed by atoms with van der Waals surface area (Å²) in [5, 5.41) is 9.75. The first-order chi connectivity index (χ1) is 15.7. The van der Waals surface area contributed by atoms with Crippen molar-refractivity contribution in [3.63, 3.8) is 0 Å². The molecule has 0 atom stereocenters. The zero-order valence-corrected chi connectivity index (χ0v) is 18.7. The van der Waals surface area contributed by atoms with Gasteiger partial charge in [-0.15, -0.1) is 10.2 Å². The molecule has 1 fully saturated rings. The van der Waals surface area contributed by atoms with Crippen molar-refractivity contribution in [3.05, 3.63) is 64.8 Å². The maximum absolute atomic E-state index is 13.3. The lowest BCUT2D eigenvalue weighted by Gasteiger charge is -2.26. The van der Waals surface area contributed by atoms with E-state index >= 15 is 0 Å². The van der Waals surface area contributed by atoms with Gasteiger partial charge >= 0.3 is 0 Å². The molecule has 0 spiro atoms. The number of benzene rings is 2. The third-order valence-electron chi connectivity index (χ3n) is 5.84. The lowest BCUT2D eigenvalue weighted by molar-refractivity contribution is 0.326. The van der Waals surface area contributed by atoms with Gasteiger partial charge in [-0.1, -0.05) is 43.2 Å². The minimum atomic E-state index is 0.0365. The number of ether oxygens (including phenoxy) is 1. The minimum absolute atomic E-state index is 0.0365. The highest BCUT2D eigenvalue weighted by Crippen LogP contribution is 2.32. The van der Waals surface area contributed by atoms with Crippen molar-refractivity contribution in [2.75, 3.05) is 7.11 Å². The van der Waals surface area contributed by atoms with Gasteiger partial charge in [-0.25, -0.2) is 4.98 Å². The quantitative estimate of drug-likeness (QED) is 0.294. The highest BCUT2D eigenvalue weighted by Gasteiger charge is 2.22. The van der Waals surface area contributed by atoms with Crippen LogP contribution in [-0.2, 0) is 5.75 Å². The van der Waals surface area contributed by atoms with Gasteiger partial charge in [0.2, 0.25) is 11.8 Å². The molecule has 0 N–H and O–H groups in total. The molecule has 0 radical (unpaired) electrons. The third kappa shape index (κ3) is 4.14. The van der Waals surface area contributed by atoms with E-state index in [1.807, 2.05) is 53.1 Å². The van der Waals surface area contributed by atoms with Crippen LogP contribution in [0.3, 0.4) is 0 Å². The van der Waals surface area contributed by atoms with Crippen LogP contribution in [0.2, 0.25) is 0 Å². The van der Waals surface area contributed by atoms with E-state index in [4.69, 9.17) is 14.1 Å². The van der Waals surface area contributed by atoms with Crippen LogP contribution in [0.5, 0.6) is 5.75 Å². The first-order valence-corrected chi connectivity index (χ1v) is 11.8. The first kappa shape index (κ1) is 20.8. The maximum atomic E-state index is 13.3.